The molecule has 0 N–H and O–H groups in total. The van der Waals surface area contributed by atoms with Gasteiger partial charge in [0.15, 0.2) is 0 Å². The van der Waals surface area contributed by atoms with Crippen LogP contribution in [-0.2, 0) is 0 Å². The Morgan fingerprint density at radius 1 is 1.00 bits per heavy atom. The monoisotopic (exact) mass is 227 g/mol. The minimum absolute atomic E-state index is 0.732. The third kappa shape index (κ3) is 4.40. The Balaban J connectivity index is 2.23. The van der Waals surface area contributed by atoms with Crippen LogP contribution in [0.4, 0.5) is 0 Å². The van der Waals surface area contributed by atoms with Crippen LogP contribution in [0.1, 0.15) is 20.8 Å². The smallest absolute Gasteiger partial charge is 0.0113 e. The molecular formula is C13H29N3. The second-order valence-electron chi connectivity index (χ2n) is 5.67. The van der Waals surface area contributed by atoms with E-state index < -0.39 is 0 Å². The highest BCUT2D eigenvalue weighted by Crippen LogP contribution is 2.12. The Labute approximate surface area is 101 Å². The number of likely N-dealkylation sites (N-methyl/N-ethyl adjacent to an activating group) is 1. The number of hydrogen-bond acceptors (Lipinski definition) is 3. The van der Waals surface area contributed by atoms with Crippen LogP contribution in [0, 0.1) is 5.92 Å². The van der Waals surface area contributed by atoms with Crippen LogP contribution in [0.3, 0.4) is 0 Å². The van der Waals surface area contributed by atoms with Gasteiger partial charge in [0.05, 0.1) is 0 Å². The van der Waals surface area contributed by atoms with Gasteiger partial charge >= 0.3 is 0 Å². The maximum Gasteiger partial charge on any atom is 0.0113 e. The van der Waals surface area contributed by atoms with Gasteiger partial charge < -0.3 is 4.90 Å². The quantitative estimate of drug-likeness (QED) is 0.699. The van der Waals surface area contributed by atoms with Crippen LogP contribution >= 0.6 is 0 Å². The van der Waals surface area contributed by atoms with Crippen molar-refractivity contribution in [1.29, 1.82) is 0 Å². The second kappa shape index (κ2) is 6.58. The van der Waals surface area contributed by atoms with Crippen LogP contribution in [-0.4, -0.2) is 74.1 Å². The largest absolute Gasteiger partial charge is 0.308 e. The van der Waals surface area contributed by atoms with Crippen molar-refractivity contribution in [3.8, 4) is 0 Å². The van der Waals surface area contributed by atoms with Gasteiger partial charge in [0.2, 0.25) is 0 Å². The van der Waals surface area contributed by atoms with E-state index in [1.165, 1.54) is 39.3 Å². The Hall–Kier alpha value is -0.120. The highest BCUT2D eigenvalue weighted by Gasteiger charge is 2.22. The van der Waals surface area contributed by atoms with Crippen LogP contribution in [0.5, 0.6) is 0 Å². The first-order valence-corrected chi connectivity index (χ1v) is 6.62. The lowest BCUT2D eigenvalue weighted by molar-refractivity contribution is 0.0807. The standard InChI is InChI=1S/C13H29N3/c1-12(2)13(3)16-10-8-15(9-11-16)7-6-14(4)5/h12-13H,6-11H2,1-5H3/t13-/m0/s1. The first kappa shape index (κ1) is 13.9. The van der Waals surface area contributed by atoms with E-state index in [-0.39, 0.29) is 0 Å². The summed E-state index contributed by atoms with van der Waals surface area (Å²) < 4.78 is 0. The van der Waals surface area contributed by atoms with Crippen LogP contribution in [0.25, 0.3) is 0 Å². The molecule has 0 unspecified atom stereocenters. The SMILES string of the molecule is CC(C)[C@H](C)N1CCN(CCN(C)C)CC1. The molecule has 0 radical (unpaired) electrons. The first-order chi connectivity index (χ1) is 7.50. The molecule has 96 valence electrons. The summed E-state index contributed by atoms with van der Waals surface area (Å²) in [6, 6.07) is 0.732. The van der Waals surface area contributed by atoms with E-state index in [4.69, 9.17) is 0 Å². The molecule has 0 amide bonds. The molecule has 0 aromatic heterocycles. The molecule has 0 aliphatic carbocycles. The van der Waals surface area contributed by atoms with E-state index in [1.54, 1.807) is 0 Å². The maximum absolute atomic E-state index is 2.64. The van der Waals surface area contributed by atoms with E-state index in [0.29, 0.717) is 0 Å². The van der Waals surface area contributed by atoms with Gasteiger partial charge in [-0.2, -0.15) is 0 Å². The van der Waals surface area contributed by atoms with Gasteiger partial charge in [-0.15, -0.1) is 0 Å². The minimum Gasteiger partial charge on any atom is -0.308 e. The van der Waals surface area contributed by atoms with Gasteiger partial charge in [0.1, 0.15) is 0 Å². The highest BCUT2D eigenvalue weighted by molar-refractivity contribution is 4.77. The van der Waals surface area contributed by atoms with E-state index in [2.05, 4.69) is 49.6 Å². The third-order valence-corrected chi connectivity index (χ3v) is 3.81. The topological polar surface area (TPSA) is 9.72 Å². The number of rotatable bonds is 5. The van der Waals surface area contributed by atoms with Crippen molar-refractivity contribution in [3.63, 3.8) is 0 Å². The second-order valence-corrected chi connectivity index (χ2v) is 5.67. The molecule has 1 rings (SSSR count). The van der Waals surface area contributed by atoms with E-state index in [9.17, 15) is 0 Å². The van der Waals surface area contributed by atoms with Gasteiger partial charge in [-0.25, -0.2) is 0 Å². The Morgan fingerprint density at radius 2 is 1.56 bits per heavy atom. The summed E-state index contributed by atoms with van der Waals surface area (Å²) in [6.45, 7) is 14.4. The molecule has 0 aromatic rings. The number of hydrogen-bond donors (Lipinski definition) is 0. The van der Waals surface area contributed by atoms with Crippen molar-refractivity contribution in [2.45, 2.75) is 26.8 Å². The third-order valence-electron chi connectivity index (χ3n) is 3.81. The maximum atomic E-state index is 2.64. The summed E-state index contributed by atoms with van der Waals surface area (Å²) in [4.78, 5) is 7.49. The summed E-state index contributed by atoms with van der Waals surface area (Å²) >= 11 is 0. The summed E-state index contributed by atoms with van der Waals surface area (Å²) in [5, 5.41) is 0. The molecule has 0 spiro atoms. The molecule has 0 aromatic carbocycles. The summed E-state index contributed by atoms with van der Waals surface area (Å²) in [5.41, 5.74) is 0. The number of piperazine rings is 1. The van der Waals surface area contributed by atoms with Gasteiger partial charge in [-0.3, -0.25) is 9.80 Å². The molecule has 3 heteroatoms. The van der Waals surface area contributed by atoms with Crippen molar-refractivity contribution in [2.24, 2.45) is 5.92 Å². The lowest BCUT2D eigenvalue weighted by atomic mass is 10.0. The van der Waals surface area contributed by atoms with Crippen LogP contribution in [0.15, 0.2) is 0 Å². The minimum atomic E-state index is 0.732. The zero-order valence-electron chi connectivity index (χ0n) is 11.7. The average molecular weight is 227 g/mol. The zero-order chi connectivity index (χ0) is 12.1. The van der Waals surface area contributed by atoms with Gasteiger partial charge in [0, 0.05) is 45.3 Å². The van der Waals surface area contributed by atoms with Crippen LogP contribution in [0.2, 0.25) is 0 Å². The molecule has 1 atom stereocenters. The van der Waals surface area contributed by atoms with E-state index in [1.807, 2.05) is 0 Å². The summed E-state index contributed by atoms with van der Waals surface area (Å²) in [7, 11) is 4.30. The van der Waals surface area contributed by atoms with E-state index in [0.717, 1.165) is 12.0 Å². The van der Waals surface area contributed by atoms with Crippen LogP contribution < -0.4 is 0 Å². The zero-order valence-corrected chi connectivity index (χ0v) is 11.7. The molecule has 0 saturated carbocycles. The van der Waals surface area contributed by atoms with Crippen molar-refractivity contribution in [1.82, 2.24) is 14.7 Å². The molecule has 1 aliphatic heterocycles. The molecule has 3 nitrogen and oxygen atoms in total. The molecular weight excluding hydrogens is 198 g/mol. The average Bonchev–Trinajstić information content (AvgIpc) is 2.26. The lowest BCUT2D eigenvalue weighted by Crippen LogP contribution is -2.51. The molecule has 16 heavy (non-hydrogen) atoms. The summed E-state index contributed by atoms with van der Waals surface area (Å²) in [6.07, 6.45) is 0. The first-order valence-electron chi connectivity index (χ1n) is 6.62. The van der Waals surface area contributed by atoms with Crippen molar-refractivity contribution < 1.29 is 0 Å². The Bertz CT molecular complexity index is 184. The normalized spacial score (nSPS) is 21.9. The lowest BCUT2D eigenvalue weighted by Gasteiger charge is -2.39. The fraction of sp³-hybridized carbons (Fsp3) is 1.00. The predicted octanol–water partition coefficient (Wildman–Crippen LogP) is 1.21. The van der Waals surface area contributed by atoms with E-state index >= 15 is 0 Å². The van der Waals surface area contributed by atoms with Gasteiger partial charge in [0.25, 0.3) is 0 Å². The predicted molar refractivity (Wildman–Crippen MR) is 70.9 cm³/mol. The summed E-state index contributed by atoms with van der Waals surface area (Å²) in [5.74, 6) is 0.772. The Kier molecular flexibility index (Phi) is 5.73. The van der Waals surface area contributed by atoms with Gasteiger partial charge in [-0.1, -0.05) is 13.8 Å². The molecule has 1 saturated heterocycles. The molecule has 1 heterocycles. The Morgan fingerprint density at radius 3 is 2.00 bits per heavy atom. The van der Waals surface area contributed by atoms with Gasteiger partial charge in [-0.05, 0) is 26.9 Å². The highest BCUT2D eigenvalue weighted by atomic mass is 15.3. The number of nitrogens with zero attached hydrogens (tertiary/aromatic N) is 3. The van der Waals surface area contributed by atoms with Crippen molar-refractivity contribution >= 4 is 0 Å². The fourth-order valence-electron chi connectivity index (χ4n) is 2.16. The molecule has 1 fully saturated rings. The molecule has 0 bridgehead atoms. The molecule has 1 aliphatic rings. The fourth-order valence-corrected chi connectivity index (χ4v) is 2.16. The van der Waals surface area contributed by atoms with Crippen molar-refractivity contribution in [3.05, 3.63) is 0 Å². The van der Waals surface area contributed by atoms with Crippen molar-refractivity contribution in [2.75, 3.05) is 53.4 Å².